The second-order valence-electron chi connectivity index (χ2n) is 8.75. The van der Waals surface area contributed by atoms with Crippen LogP contribution in [0.15, 0.2) is 84.9 Å². The number of ether oxygens (including phenoxy) is 4. The quantitative estimate of drug-likeness (QED) is 0.141. The third-order valence-electron chi connectivity index (χ3n) is 5.79. The van der Waals surface area contributed by atoms with Crippen molar-refractivity contribution in [1.29, 1.82) is 0 Å². The van der Waals surface area contributed by atoms with Gasteiger partial charge >= 0.3 is 0 Å². The number of Topliss-reactive ketones (excluding diaryl/α,β-unsaturated/α-hetero) is 1. The minimum Gasteiger partial charge on any atom is -0.487 e. The van der Waals surface area contributed by atoms with Gasteiger partial charge in [0, 0.05) is 21.2 Å². The first-order valence-corrected chi connectivity index (χ1v) is 13.9. The van der Waals surface area contributed by atoms with Crippen LogP contribution >= 0.6 is 46.4 Å². The highest BCUT2D eigenvalue weighted by atomic mass is 35.5. The first kappa shape index (κ1) is 30.2. The average Bonchev–Trinajstić information content (AvgIpc) is 2.97. The van der Waals surface area contributed by atoms with Crippen molar-refractivity contribution in [3.63, 3.8) is 0 Å². The van der Waals surface area contributed by atoms with E-state index in [0.717, 1.165) is 11.1 Å². The first-order chi connectivity index (χ1) is 19.4. The maximum absolute atomic E-state index is 12.4. The maximum Gasteiger partial charge on any atom is 0.184 e. The molecule has 0 unspecified atom stereocenters. The van der Waals surface area contributed by atoms with Gasteiger partial charge in [0.15, 0.2) is 5.78 Å². The molecule has 0 aliphatic rings. The summed E-state index contributed by atoms with van der Waals surface area (Å²) in [5.41, 5.74) is 3.08. The minimum atomic E-state index is -0.271. The highest BCUT2D eigenvalue weighted by molar-refractivity contribution is 6.37. The summed E-state index contributed by atoms with van der Waals surface area (Å²) in [4.78, 5) is 12.4. The molecule has 0 aromatic heterocycles. The third kappa shape index (κ3) is 8.61. The summed E-state index contributed by atoms with van der Waals surface area (Å²) >= 11 is 25.7. The van der Waals surface area contributed by atoms with E-state index in [-0.39, 0.29) is 32.2 Å². The van der Waals surface area contributed by atoms with Gasteiger partial charge in [0.05, 0.1) is 23.3 Å². The van der Waals surface area contributed by atoms with Crippen LogP contribution in [0.3, 0.4) is 0 Å². The molecule has 0 fully saturated rings. The fraction of sp³-hybridized carbons (Fsp3) is 0.194. The molecule has 0 aliphatic heterocycles. The second-order valence-corrected chi connectivity index (χ2v) is 10.3. The van der Waals surface area contributed by atoms with Crippen LogP contribution in [0.5, 0.6) is 11.5 Å². The number of carbonyl (C=O) groups excluding carboxylic acids is 1. The van der Waals surface area contributed by atoms with Crippen LogP contribution in [0.4, 0.5) is 0 Å². The van der Waals surface area contributed by atoms with E-state index in [1.807, 2.05) is 60.7 Å². The summed E-state index contributed by atoms with van der Waals surface area (Å²) in [6.45, 7) is 0.393. The number of halogens is 4. The molecule has 208 valence electrons. The number of carbonyl (C=O) groups is 1. The van der Waals surface area contributed by atoms with Gasteiger partial charge in [-0.2, -0.15) is 0 Å². The zero-order chi connectivity index (χ0) is 28.3. The van der Waals surface area contributed by atoms with Crippen LogP contribution < -0.4 is 9.47 Å². The summed E-state index contributed by atoms with van der Waals surface area (Å²) in [5.74, 6) is 0.686. The average molecular weight is 620 g/mol. The van der Waals surface area contributed by atoms with Gasteiger partial charge in [-0.25, -0.2) is 0 Å². The first-order valence-electron chi connectivity index (χ1n) is 12.4. The Morgan fingerprint density at radius 3 is 1.32 bits per heavy atom. The van der Waals surface area contributed by atoms with Gasteiger partial charge in [0.25, 0.3) is 0 Å². The maximum atomic E-state index is 12.4. The molecule has 0 radical (unpaired) electrons. The van der Waals surface area contributed by atoms with Crippen LogP contribution in [-0.4, -0.2) is 19.0 Å². The molecule has 0 N–H and O–H groups in total. The lowest BCUT2D eigenvalue weighted by atomic mass is 10.2. The Labute approximate surface area is 253 Å². The van der Waals surface area contributed by atoms with E-state index in [1.54, 1.807) is 24.3 Å². The Hall–Kier alpha value is -2.77. The highest BCUT2D eigenvalue weighted by Crippen LogP contribution is 2.35. The van der Waals surface area contributed by atoms with Gasteiger partial charge in [-0.3, -0.25) is 4.79 Å². The molecule has 40 heavy (non-hydrogen) atoms. The fourth-order valence-corrected chi connectivity index (χ4v) is 4.75. The van der Waals surface area contributed by atoms with Gasteiger partial charge < -0.3 is 18.9 Å². The van der Waals surface area contributed by atoms with Gasteiger partial charge in [0.2, 0.25) is 0 Å². The SMILES string of the molecule is O=C(COCc1c(Cl)ccc(OCc2ccccc2)c1Cl)COCc1c(Cl)ccc(OCc2ccccc2)c1Cl. The number of hydrogen-bond donors (Lipinski definition) is 0. The molecule has 4 rings (SSSR count). The van der Waals surface area contributed by atoms with Crippen molar-refractivity contribution in [2.45, 2.75) is 26.4 Å². The Morgan fingerprint density at radius 2 is 0.925 bits per heavy atom. The molecule has 0 saturated heterocycles. The standard InChI is InChI=1S/C31H26Cl4O5/c32-26-11-13-28(39-15-21-7-3-1-4-8-21)30(34)24(26)19-37-17-23(36)18-38-20-25-27(33)12-14-29(31(25)35)40-16-22-9-5-2-6-10-22/h1-14H,15-20H2. The molecular formula is C31H26Cl4O5. The van der Waals surface area contributed by atoms with Crippen LogP contribution in [0.2, 0.25) is 20.1 Å². The summed E-state index contributed by atoms with van der Waals surface area (Å²) in [7, 11) is 0. The normalized spacial score (nSPS) is 10.9. The third-order valence-corrected chi connectivity index (χ3v) is 7.33. The molecule has 0 bridgehead atoms. The molecule has 9 heteroatoms. The molecule has 0 spiro atoms. The predicted molar refractivity (Wildman–Crippen MR) is 159 cm³/mol. The summed E-state index contributed by atoms with van der Waals surface area (Å²) in [6, 6.07) is 26.2. The highest BCUT2D eigenvalue weighted by Gasteiger charge is 2.15. The molecule has 5 nitrogen and oxygen atoms in total. The van der Waals surface area contributed by atoms with Crippen molar-refractivity contribution < 1.29 is 23.7 Å². The van der Waals surface area contributed by atoms with Gasteiger partial charge in [-0.15, -0.1) is 0 Å². The number of rotatable bonds is 14. The van der Waals surface area contributed by atoms with Crippen LogP contribution in [0.25, 0.3) is 0 Å². The van der Waals surface area contributed by atoms with E-state index in [2.05, 4.69) is 0 Å². The zero-order valence-corrected chi connectivity index (χ0v) is 24.4. The topological polar surface area (TPSA) is 54.0 Å². The Morgan fingerprint density at radius 1 is 0.525 bits per heavy atom. The molecule has 0 aliphatic carbocycles. The van der Waals surface area contributed by atoms with E-state index in [1.165, 1.54) is 0 Å². The summed E-state index contributed by atoms with van der Waals surface area (Å²) < 4.78 is 22.8. The Balaban J connectivity index is 1.24. The molecule has 0 atom stereocenters. The lowest BCUT2D eigenvalue weighted by Gasteiger charge is -2.14. The Bertz CT molecular complexity index is 1310. The lowest BCUT2D eigenvalue weighted by Crippen LogP contribution is -2.16. The Kier molecular flexibility index (Phi) is 11.5. The summed E-state index contributed by atoms with van der Waals surface area (Å²) in [6.07, 6.45) is 0. The molecule has 0 saturated carbocycles. The number of hydrogen-bond acceptors (Lipinski definition) is 5. The van der Waals surface area contributed by atoms with Crippen molar-refractivity contribution in [2.75, 3.05) is 13.2 Å². The van der Waals surface area contributed by atoms with E-state index in [9.17, 15) is 4.79 Å². The molecule has 0 heterocycles. The van der Waals surface area contributed by atoms with Crippen LogP contribution in [-0.2, 0) is 40.7 Å². The molecule has 0 amide bonds. The van der Waals surface area contributed by atoms with Gasteiger partial charge in [-0.1, -0.05) is 107 Å². The number of ketones is 1. The fourth-order valence-electron chi connectivity index (χ4n) is 3.69. The smallest absolute Gasteiger partial charge is 0.184 e. The summed E-state index contributed by atoms with van der Waals surface area (Å²) in [5, 5.41) is 1.51. The zero-order valence-electron chi connectivity index (χ0n) is 21.4. The van der Waals surface area contributed by atoms with Crippen molar-refractivity contribution in [3.8, 4) is 11.5 Å². The number of benzene rings is 4. The van der Waals surface area contributed by atoms with E-state index >= 15 is 0 Å². The van der Waals surface area contributed by atoms with Crippen molar-refractivity contribution >= 4 is 52.2 Å². The van der Waals surface area contributed by atoms with Gasteiger partial charge in [-0.05, 0) is 35.4 Å². The predicted octanol–water partition coefficient (Wildman–Crippen LogP) is 8.76. The second kappa shape index (κ2) is 15.3. The monoisotopic (exact) mass is 618 g/mol. The van der Waals surface area contributed by atoms with E-state index in [4.69, 9.17) is 65.4 Å². The van der Waals surface area contributed by atoms with Gasteiger partial charge in [0.1, 0.15) is 37.9 Å². The molecular weight excluding hydrogens is 594 g/mol. The molecule has 4 aromatic carbocycles. The van der Waals surface area contributed by atoms with E-state index < -0.39 is 0 Å². The van der Waals surface area contributed by atoms with E-state index in [0.29, 0.717) is 55.9 Å². The van der Waals surface area contributed by atoms with Crippen LogP contribution in [0.1, 0.15) is 22.3 Å². The minimum absolute atomic E-state index is 0.0321. The molecule has 4 aromatic rings. The van der Waals surface area contributed by atoms with Crippen LogP contribution in [0, 0.1) is 0 Å². The largest absolute Gasteiger partial charge is 0.487 e. The van der Waals surface area contributed by atoms with Crippen molar-refractivity contribution in [2.24, 2.45) is 0 Å². The van der Waals surface area contributed by atoms with Crippen molar-refractivity contribution in [3.05, 3.63) is 127 Å². The lowest BCUT2D eigenvalue weighted by molar-refractivity contribution is -0.129. The van der Waals surface area contributed by atoms with Crippen molar-refractivity contribution in [1.82, 2.24) is 0 Å².